The van der Waals surface area contributed by atoms with E-state index in [0.29, 0.717) is 13.2 Å². The minimum atomic E-state index is -0.567. The molecule has 0 N–H and O–H groups in total. The number of unbranched alkanes of at least 4 members (excludes halogenated alkanes) is 3. The van der Waals surface area contributed by atoms with Gasteiger partial charge < -0.3 is 14.3 Å². The lowest BCUT2D eigenvalue weighted by molar-refractivity contribution is -0.206. The first-order valence-electron chi connectivity index (χ1n) is 6.53. The normalized spacial score (nSPS) is 25.6. The summed E-state index contributed by atoms with van der Waals surface area (Å²) < 4.78 is 11.6. The fourth-order valence-electron chi connectivity index (χ4n) is 2.64. The molecule has 0 aromatic carbocycles. The highest BCUT2D eigenvalue weighted by molar-refractivity contribution is 5.65. The number of rotatable bonds is 7. The van der Waals surface area contributed by atoms with E-state index in [1.807, 2.05) is 0 Å². The van der Waals surface area contributed by atoms with Crippen LogP contribution in [0.15, 0.2) is 0 Å². The van der Waals surface area contributed by atoms with Gasteiger partial charge in [-0.15, -0.1) is 0 Å². The molecule has 3 heteroatoms. The van der Waals surface area contributed by atoms with Gasteiger partial charge in [-0.2, -0.15) is 0 Å². The van der Waals surface area contributed by atoms with E-state index < -0.39 is 5.79 Å². The van der Waals surface area contributed by atoms with E-state index in [0.717, 1.165) is 32.0 Å². The van der Waals surface area contributed by atoms with Gasteiger partial charge in [-0.25, -0.2) is 0 Å². The Hall–Kier alpha value is -0.410. The molecule has 0 aromatic heterocycles. The summed E-state index contributed by atoms with van der Waals surface area (Å²) in [6.45, 7) is 3.48. The van der Waals surface area contributed by atoms with Crippen molar-refractivity contribution in [3.8, 4) is 0 Å². The Bertz CT molecular complexity index is 240. The highest BCUT2D eigenvalue weighted by atomic mass is 16.7. The molecule has 3 nitrogen and oxygen atoms in total. The van der Waals surface area contributed by atoms with Crippen LogP contribution in [0.25, 0.3) is 0 Å². The minimum absolute atomic E-state index is 0.310. The van der Waals surface area contributed by atoms with Gasteiger partial charge in [-0.05, 0) is 19.3 Å². The maximum absolute atomic E-state index is 11.2. The summed E-state index contributed by atoms with van der Waals surface area (Å²) in [6, 6.07) is 0. The molecule has 0 bridgehead atoms. The van der Waals surface area contributed by atoms with E-state index in [4.69, 9.17) is 9.47 Å². The van der Waals surface area contributed by atoms with Gasteiger partial charge in [0, 0.05) is 6.42 Å². The van der Waals surface area contributed by atoms with Gasteiger partial charge in [-0.3, -0.25) is 0 Å². The SMILES string of the molecule is CCCCCCC1(C2(C=O)CC2)OCCO1. The van der Waals surface area contributed by atoms with E-state index in [1.165, 1.54) is 19.3 Å². The van der Waals surface area contributed by atoms with Crippen LogP contribution in [0.3, 0.4) is 0 Å². The first kappa shape index (κ1) is 12.1. The molecular formula is C13H22O3. The third-order valence-corrected chi connectivity index (χ3v) is 3.89. The van der Waals surface area contributed by atoms with Crippen LogP contribution in [-0.4, -0.2) is 25.3 Å². The number of aldehydes is 1. The molecule has 16 heavy (non-hydrogen) atoms. The van der Waals surface area contributed by atoms with E-state index >= 15 is 0 Å². The molecule has 2 rings (SSSR count). The second-order valence-corrected chi connectivity index (χ2v) is 5.03. The Morgan fingerprint density at radius 2 is 1.81 bits per heavy atom. The molecular weight excluding hydrogens is 204 g/mol. The molecule has 0 aromatic rings. The van der Waals surface area contributed by atoms with Crippen molar-refractivity contribution in [2.24, 2.45) is 5.41 Å². The average Bonchev–Trinajstić information content (AvgIpc) is 2.98. The molecule has 1 heterocycles. The van der Waals surface area contributed by atoms with Crippen LogP contribution in [0.5, 0.6) is 0 Å². The maximum Gasteiger partial charge on any atom is 0.180 e. The summed E-state index contributed by atoms with van der Waals surface area (Å²) in [5, 5.41) is 0. The third-order valence-electron chi connectivity index (χ3n) is 3.89. The van der Waals surface area contributed by atoms with E-state index in [2.05, 4.69) is 6.92 Å². The molecule has 1 aliphatic carbocycles. The molecule has 0 unspecified atom stereocenters. The number of carbonyl (C=O) groups is 1. The van der Waals surface area contributed by atoms with Crippen molar-refractivity contribution in [2.75, 3.05) is 13.2 Å². The highest BCUT2D eigenvalue weighted by Gasteiger charge is 2.62. The lowest BCUT2D eigenvalue weighted by Crippen LogP contribution is -2.42. The Morgan fingerprint density at radius 1 is 1.12 bits per heavy atom. The van der Waals surface area contributed by atoms with Crippen LogP contribution in [0.2, 0.25) is 0 Å². The maximum atomic E-state index is 11.2. The van der Waals surface area contributed by atoms with Gasteiger partial charge in [0.25, 0.3) is 0 Å². The number of hydrogen-bond acceptors (Lipinski definition) is 3. The molecule has 2 aliphatic rings. The number of carbonyl (C=O) groups excluding carboxylic acids is 1. The summed E-state index contributed by atoms with van der Waals surface area (Å²) in [5.74, 6) is -0.567. The molecule has 1 saturated carbocycles. The van der Waals surface area contributed by atoms with Crippen molar-refractivity contribution in [3.05, 3.63) is 0 Å². The van der Waals surface area contributed by atoms with Gasteiger partial charge in [0.15, 0.2) is 5.79 Å². The molecule has 0 radical (unpaired) electrons. The van der Waals surface area contributed by atoms with Crippen molar-refractivity contribution in [1.29, 1.82) is 0 Å². The Kier molecular flexibility index (Phi) is 3.65. The highest BCUT2D eigenvalue weighted by Crippen LogP contribution is 2.57. The van der Waals surface area contributed by atoms with Crippen LogP contribution >= 0.6 is 0 Å². The largest absolute Gasteiger partial charge is 0.347 e. The quantitative estimate of drug-likeness (QED) is 0.494. The fourth-order valence-corrected chi connectivity index (χ4v) is 2.64. The summed E-state index contributed by atoms with van der Waals surface area (Å²) in [5.41, 5.74) is -0.310. The van der Waals surface area contributed by atoms with Crippen molar-refractivity contribution >= 4 is 6.29 Å². The fraction of sp³-hybridized carbons (Fsp3) is 0.923. The van der Waals surface area contributed by atoms with Crippen molar-refractivity contribution in [3.63, 3.8) is 0 Å². The standard InChI is InChI=1S/C13H22O3/c1-2-3-4-5-6-13(15-9-10-16-13)12(11-14)7-8-12/h11H,2-10H2,1H3. The van der Waals surface area contributed by atoms with Gasteiger partial charge in [0.1, 0.15) is 6.29 Å². The van der Waals surface area contributed by atoms with Crippen molar-refractivity contribution in [1.82, 2.24) is 0 Å². The Labute approximate surface area is 97.5 Å². The molecule has 1 aliphatic heterocycles. The zero-order valence-electron chi connectivity index (χ0n) is 10.2. The Morgan fingerprint density at radius 3 is 2.31 bits per heavy atom. The zero-order valence-corrected chi connectivity index (χ0v) is 10.2. The topological polar surface area (TPSA) is 35.5 Å². The average molecular weight is 226 g/mol. The lowest BCUT2D eigenvalue weighted by Gasteiger charge is -2.32. The number of hydrogen-bond donors (Lipinski definition) is 0. The predicted molar refractivity (Wildman–Crippen MR) is 61.1 cm³/mol. The summed E-state index contributed by atoms with van der Waals surface area (Å²) in [7, 11) is 0. The smallest absolute Gasteiger partial charge is 0.180 e. The van der Waals surface area contributed by atoms with Gasteiger partial charge >= 0.3 is 0 Å². The number of ether oxygens (including phenoxy) is 2. The summed E-state index contributed by atoms with van der Waals surface area (Å²) >= 11 is 0. The van der Waals surface area contributed by atoms with Crippen LogP contribution in [0.1, 0.15) is 51.9 Å². The van der Waals surface area contributed by atoms with E-state index in [1.54, 1.807) is 0 Å². The second kappa shape index (κ2) is 4.84. The van der Waals surface area contributed by atoms with Crippen LogP contribution in [0.4, 0.5) is 0 Å². The lowest BCUT2D eigenvalue weighted by atomic mass is 9.91. The summed E-state index contributed by atoms with van der Waals surface area (Å²) in [4.78, 5) is 11.2. The molecule has 0 spiro atoms. The van der Waals surface area contributed by atoms with Crippen LogP contribution < -0.4 is 0 Å². The second-order valence-electron chi connectivity index (χ2n) is 5.03. The van der Waals surface area contributed by atoms with Crippen LogP contribution in [0, 0.1) is 5.41 Å². The van der Waals surface area contributed by atoms with Gasteiger partial charge in [-0.1, -0.05) is 26.2 Å². The van der Waals surface area contributed by atoms with Crippen molar-refractivity contribution < 1.29 is 14.3 Å². The van der Waals surface area contributed by atoms with Gasteiger partial charge in [0.2, 0.25) is 0 Å². The minimum Gasteiger partial charge on any atom is -0.347 e. The molecule has 1 saturated heterocycles. The first-order valence-corrected chi connectivity index (χ1v) is 6.53. The van der Waals surface area contributed by atoms with Crippen LogP contribution in [-0.2, 0) is 14.3 Å². The molecule has 92 valence electrons. The third kappa shape index (κ3) is 2.03. The van der Waals surface area contributed by atoms with E-state index in [-0.39, 0.29) is 5.41 Å². The molecule has 0 atom stereocenters. The van der Waals surface area contributed by atoms with Crippen molar-refractivity contribution in [2.45, 2.75) is 57.7 Å². The predicted octanol–water partition coefficient (Wildman–Crippen LogP) is 2.68. The first-order chi connectivity index (χ1) is 7.79. The zero-order chi connectivity index (χ0) is 11.5. The molecule has 2 fully saturated rings. The Balaban J connectivity index is 1.91. The van der Waals surface area contributed by atoms with Gasteiger partial charge in [0.05, 0.1) is 18.6 Å². The molecule has 0 amide bonds. The summed E-state index contributed by atoms with van der Waals surface area (Å²) in [6.07, 6.45) is 8.61. The monoisotopic (exact) mass is 226 g/mol. The van der Waals surface area contributed by atoms with E-state index in [9.17, 15) is 4.79 Å².